The van der Waals surface area contributed by atoms with E-state index in [0.717, 1.165) is 25.0 Å². The summed E-state index contributed by atoms with van der Waals surface area (Å²) in [6.07, 6.45) is 1.67. The number of rotatable bonds is 6. The van der Waals surface area contributed by atoms with Crippen molar-refractivity contribution in [2.75, 3.05) is 5.73 Å². The first-order valence-corrected chi connectivity index (χ1v) is 8.68. The van der Waals surface area contributed by atoms with Crippen LogP contribution in [0, 0.1) is 11.7 Å². The van der Waals surface area contributed by atoms with E-state index in [-0.39, 0.29) is 21.1 Å². The van der Waals surface area contributed by atoms with Gasteiger partial charge in [0.15, 0.2) is 0 Å². The summed E-state index contributed by atoms with van der Waals surface area (Å²) in [6, 6.07) is 1.99. The number of benzene rings is 1. The predicted molar refractivity (Wildman–Crippen MR) is 82.4 cm³/mol. The van der Waals surface area contributed by atoms with E-state index in [4.69, 9.17) is 5.73 Å². The average molecular weight is 367 g/mol. The Bertz CT molecular complexity index is 576. The molecule has 0 bridgehead atoms. The first kappa shape index (κ1) is 17.4. The Balaban J connectivity index is 2.92. The van der Waals surface area contributed by atoms with Gasteiger partial charge >= 0.3 is 0 Å². The first-order valence-electron chi connectivity index (χ1n) is 6.40. The third-order valence-electron chi connectivity index (χ3n) is 2.87. The minimum Gasteiger partial charge on any atom is -0.396 e. The molecule has 0 radical (unpaired) electrons. The minimum absolute atomic E-state index is 0.0483. The molecule has 1 aromatic carbocycles. The fourth-order valence-corrected chi connectivity index (χ4v) is 4.05. The number of hydrogen-bond acceptors (Lipinski definition) is 3. The molecule has 20 heavy (non-hydrogen) atoms. The Morgan fingerprint density at radius 3 is 2.45 bits per heavy atom. The van der Waals surface area contributed by atoms with Gasteiger partial charge in [0.2, 0.25) is 10.0 Å². The maximum absolute atomic E-state index is 13.2. The van der Waals surface area contributed by atoms with Gasteiger partial charge < -0.3 is 5.73 Å². The van der Waals surface area contributed by atoms with Gasteiger partial charge in [0, 0.05) is 10.5 Å². The summed E-state index contributed by atoms with van der Waals surface area (Å²) in [5.74, 6) is -0.140. The SMILES string of the molecule is CC(C)CCC(C)NS(=O)(=O)c1cc(N)c(F)cc1Br. The van der Waals surface area contributed by atoms with Gasteiger partial charge in [-0.15, -0.1) is 0 Å². The maximum atomic E-state index is 13.2. The third kappa shape index (κ3) is 4.71. The van der Waals surface area contributed by atoms with Crippen LogP contribution in [0.4, 0.5) is 10.1 Å². The van der Waals surface area contributed by atoms with Gasteiger partial charge in [0.1, 0.15) is 5.82 Å². The van der Waals surface area contributed by atoms with Crippen molar-refractivity contribution in [3.05, 3.63) is 22.4 Å². The normalized spacial score (nSPS) is 13.7. The predicted octanol–water partition coefficient (Wildman–Crippen LogP) is 3.27. The average Bonchev–Trinajstić information content (AvgIpc) is 2.30. The molecule has 0 aliphatic carbocycles. The van der Waals surface area contributed by atoms with Crippen molar-refractivity contribution >= 4 is 31.6 Å². The number of hydrogen-bond donors (Lipinski definition) is 2. The van der Waals surface area contributed by atoms with Crippen molar-refractivity contribution in [3.63, 3.8) is 0 Å². The largest absolute Gasteiger partial charge is 0.396 e. The van der Waals surface area contributed by atoms with E-state index >= 15 is 0 Å². The smallest absolute Gasteiger partial charge is 0.242 e. The second-order valence-electron chi connectivity index (χ2n) is 5.30. The van der Waals surface area contributed by atoms with Crippen molar-refractivity contribution < 1.29 is 12.8 Å². The number of nitrogens with one attached hydrogen (secondary N) is 1. The van der Waals surface area contributed by atoms with Crippen LogP contribution in [0.15, 0.2) is 21.5 Å². The molecule has 0 fully saturated rings. The molecule has 0 spiro atoms. The van der Waals surface area contributed by atoms with Crippen LogP contribution in [0.25, 0.3) is 0 Å². The Morgan fingerprint density at radius 2 is 1.90 bits per heavy atom. The Morgan fingerprint density at radius 1 is 1.30 bits per heavy atom. The molecule has 4 nitrogen and oxygen atoms in total. The molecule has 1 unspecified atom stereocenters. The molecule has 1 rings (SSSR count). The second kappa shape index (κ2) is 6.87. The summed E-state index contributed by atoms with van der Waals surface area (Å²) in [6.45, 7) is 5.97. The highest BCUT2D eigenvalue weighted by Gasteiger charge is 2.21. The van der Waals surface area contributed by atoms with Crippen LogP contribution in [0.1, 0.15) is 33.6 Å². The number of anilines is 1. The van der Waals surface area contributed by atoms with Crippen molar-refractivity contribution in [2.45, 2.75) is 44.6 Å². The Labute approximate surface area is 128 Å². The highest BCUT2D eigenvalue weighted by molar-refractivity contribution is 9.10. The topological polar surface area (TPSA) is 72.2 Å². The van der Waals surface area contributed by atoms with E-state index in [9.17, 15) is 12.8 Å². The lowest BCUT2D eigenvalue weighted by atomic mass is 10.1. The summed E-state index contributed by atoms with van der Waals surface area (Å²) in [7, 11) is -3.72. The van der Waals surface area contributed by atoms with Crippen LogP contribution in [-0.2, 0) is 10.0 Å². The fraction of sp³-hybridized carbons (Fsp3) is 0.538. The van der Waals surface area contributed by atoms with E-state index in [1.165, 1.54) is 0 Å². The van der Waals surface area contributed by atoms with Crippen LogP contribution in [0.2, 0.25) is 0 Å². The van der Waals surface area contributed by atoms with Crippen LogP contribution in [0.3, 0.4) is 0 Å². The van der Waals surface area contributed by atoms with Gasteiger partial charge in [-0.3, -0.25) is 0 Å². The number of halogens is 2. The zero-order valence-corrected chi connectivity index (χ0v) is 14.2. The summed E-state index contributed by atoms with van der Waals surface area (Å²) in [5, 5.41) is 0. The van der Waals surface area contributed by atoms with Crippen molar-refractivity contribution in [1.29, 1.82) is 0 Å². The maximum Gasteiger partial charge on any atom is 0.242 e. The molecular weight excluding hydrogens is 347 g/mol. The van der Waals surface area contributed by atoms with Crippen LogP contribution in [-0.4, -0.2) is 14.5 Å². The molecule has 0 saturated heterocycles. The van der Waals surface area contributed by atoms with Crippen LogP contribution in [0.5, 0.6) is 0 Å². The summed E-state index contributed by atoms with van der Waals surface area (Å²) < 4.78 is 40.5. The van der Waals surface area contributed by atoms with Crippen LogP contribution < -0.4 is 10.5 Å². The minimum atomic E-state index is -3.72. The van der Waals surface area contributed by atoms with Gasteiger partial charge in [-0.05, 0) is 53.7 Å². The van der Waals surface area contributed by atoms with Crippen molar-refractivity contribution in [2.24, 2.45) is 5.92 Å². The molecular formula is C13H20BrFN2O2S. The van der Waals surface area contributed by atoms with E-state index < -0.39 is 15.8 Å². The molecule has 0 aromatic heterocycles. The van der Waals surface area contributed by atoms with Crippen molar-refractivity contribution in [1.82, 2.24) is 4.72 Å². The summed E-state index contributed by atoms with van der Waals surface area (Å²) in [4.78, 5) is -0.0483. The van der Waals surface area contributed by atoms with Gasteiger partial charge in [-0.1, -0.05) is 13.8 Å². The van der Waals surface area contributed by atoms with E-state index in [0.29, 0.717) is 5.92 Å². The summed E-state index contributed by atoms with van der Waals surface area (Å²) >= 11 is 3.05. The van der Waals surface area contributed by atoms with Crippen molar-refractivity contribution in [3.8, 4) is 0 Å². The quantitative estimate of drug-likeness (QED) is 0.758. The lowest BCUT2D eigenvalue weighted by Gasteiger charge is -2.16. The van der Waals surface area contributed by atoms with E-state index in [2.05, 4.69) is 34.5 Å². The molecule has 0 heterocycles. The van der Waals surface area contributed by atoms with Gasteiger partial charge in [-0.2, -0.15) is 0 Å². The highest BCUT2D eigenvalue weighted by atomic mass is 79.9. The molecule has 0 amide bonds. The highest BCUT2D eigenvalue weighted by Crippen LogP contribution is 2.27. The van der Waals surface area contributed by atoms with E-state index in [1.807, 2.05) is 0 Å². The second-order valence-corrected chi connectivity index (χ2v) is 7.83. The number of nitrogen functional groups attached to an aromatic ring is 1. The molecule has 0 aliphatic rings. The molecule has 7 heteroatoms. The number of nitrogens with two attached hydrogens (primary N) is 1. The Hall–Kier alpha value is -0.660. The lowest BCUT2D eigenvalue weighted by Crippen LogP contribution is -2.33. The molecule has 1 aromatic rings. The van der Waals surface area contributed by atoms with E-state index in [1.54, 1.807) is 6.92 Å². The van der Waals surface area contributed by atoms with Gasteiger partial charge in [-0.25, -0.2) is 17.5 Å². The summed E-state index contributed by atoms with van der Waals surface area (Å²) in [5.41, 5.74) is 5.24. The standard InChI is InChI=1S/C13H20BrFN2O2S/c1-8(2)4-5-9(3)17-20(18,19)13-7-12(16)11(15)6-10(13)14/h6-9,17H,4-5,16H2,1-3H3. The van der Waals surface area contributed by atoms with Gasteiger partial charge in [0.25, 0.3) is 0 Å². The van der Waals surface area contributed by atoms with Crippen LogP contribution >= 0.6 is 15.9 Å². The number of sulfonamides is 1. The fourth-order valence-electron chi connectivity index (χ4n) is 1.72. The molecule has 114 valence electrons. The zero-order valence-electron chi connectivity index (χ0n) is 11.8. The third-order valence-corrected chi connectivity index (χ3v) is 5.42. The molecule has 3 N–H and O–H groups in total. The van der Waals surface area contributed by atoms with Gasteiger partial charge in [0.05, 0.1) is 10.6 Å². The monoisotopic (exact) mass is 366 g/mol. The Kier molecular flexibility index (Phi) is 5.97. The zero-order chi connectivity index (χ0) is 15.5. The first-order chi connectivity index (χ1) is 9.13. The molecule has 0 saturated carbocycles. The molecule has 0 aliphatic heterocycles. The molecule has 1 atom stereocenters. The lowest BCUT2D eigenvalue weighted by molar-refractivity contribution is 0.485.